The highest BCUT2D eigenvalue weighted by molar-refractivity contribution is 5.64. The van der Waals surface area contributed by atoms with E-state index in [2.05, 4.69) is 19.1 Å². The molecular formula is C19H24O2. The average molecular weight is 284 g/mol. The van der Waals surface area contributed by atoms with Crippen LogP contribution in [0.3, 0.4) is 0 Å². The molecular weight excluding hydrogens is 260 g/mol. The second-order valence-corrected chi connectivity index (χ2v) is 5.29. The van der Waals surface area contributed by atoms with Gasteiger partial charge in [0, 0.05) is 0 Å². The monoisotopic (exact) mass is 284 g/mol. The maximum Gasteiger partial charge on any atom is 0.119 e. The highest BCUT2D eigenvalue weighted by Crippen LogP contribution is 2.23. The lowest BCUT2D eigenvalue weighted by Crippen LogP contribution is -1.96. The first-order valence-electron chi connectivity index (χ1n) is 7.76. The van der Waals surface area contributed by atoms with Crippen LogP contribution in [0.25, 0.3) is 11.1 Å². The van der Waals surface area contributed by atoms with Crippen LogP contribution in [-0.2, 0) is 6.61 Å². The van der Waals surface area contributed by atoms with E-state index in [-0.39, 0.29) is 6.61 Å². The molecule has 0 saturated heterocycles. The summed E-state index contributed by atoms with van der Waals surface area (Å²) in [6.07, 6.45) is 4.90. The first-order chi connectivity index (χ1) is 10.3. The lowest BCUT2D eigenvalue weighted by atomic mass is 10.0. The molecule has 0 fully saturated rings. The summed E-state index contributed by atoms with van der Waals surface area (Å²) in [5, 5.41) is 9.06. The summed E-state index contributed by atoms with van der Waals surface area (Å²) in [5.74, 6) is 0.933. The number of unbranched alkanes of at least 4 members (excludes halogenated alkanes) is 3. The molecule has 0 saturated carbocycles. The van der Waals surface area contributed by atoms with Gasteiger partial charge in [0.25, 0.3) is 0 Å². The van der Waals surface area contributed by atoms with E-state index in [0.717, 1.165) is 35.5 Å². The van der Waals surface area contributed by atoms with Crippen LogP contribution < -0.4 is 4.74 Å². The van der Waals surface area contributed by atoms with Gasteiger partial charge < -0.3 is 9.84 Å². The Labute approximate surface area is 127 Å². The Balaban J connectivity index is 1.88. The third-order valence-electron chi connectivity index (χ3n) is 3.59. The predicted octanol–water partition coefficient (Wildman–Crippen LogP) is 4.81. The van der Waals surface area contributed by atoms with Gasteiger partial charge in [-0.05, 0) is 35.2 Å². The highest BCUT2D eigenvalue weighted by Gasteiger charge is 1.99. The fraction of sp³-hybridized carbons (Fsp3) is 0.368. The molecule has 2 aromatic carbocycles. The van der Waals surface area contributed by atoms with Crippen molar-refractivity contribution in [1.29, 1.82) is 0 Å². The zero-order valence-electron chi connectivity index (χ0n) is 12.7. The van der Waals surface area contributed by atoms with E-state index in [9.17, 15) is 0 Å². The normalized spacial score (nSPS) is 10.6. The summed E-state index contributed by atoms with van der Waals surface area (Å²) >= 11 is 0. The molecule has 0 bridgehead atoms. The molecule has 2 aromatic rings. The lowest BCUT2D eigenvalue weighted by molar-refractivity contribution is 0.282. The third kappa shape index (κ3) is 4.91. The third-order valence-corrected chi connectivity index (χ3v) is 3.59. The van der Waals surface area contributed by atoms with Crippen molar-refractivity contribution in [3.8, 4) is 16.9 Å². The van der Waals surface area contributed by atoms with E-state index in [0.29, 0.717) is 0 Å². The smallest absolute Gasteiger partial charge is 0.119 e. The van der Waals surface area contributed by atoms with Crippen molar-refractivity contribution >= 4 is 0 Å². The van der Waals surface area contributed by atoms with Gasteiger partial charge >= 0.3 is 0 Å². The van der Waals surface area contributed by atoms with E-state index in [4.69, 9.17) is 9.84 Å². The van der Waals surface area contributed by atoms with Crippen LogP contribution in [0.1, 0.15) is 38.2 Å². The second-order valence-electron chi connectivity index (χ2n) is 5.29. The molecule has 0 aliphatic rings. The average Bonchev–Trinajstić information content (AvgIpc) is 2.55. The molecule has 0 aliphatic heterocycles. The standard InChI is InChI=1S/C19H24O2/c1-2-3-4-5-14-21-19-12-10-18(11-13-19)17-8-6-16(15-20)7-9-17/h6-13,20H,2-5,14-15H2,1H3. The number of benzene rings is 2. The van der Waals surface area contributed by atoms with Gasteiger partial charge in [0.05, 0.1) is 13.2 Å². The Hall–Kier alpha value is -1.80. The maximum atomic E-state index is 9.06. The molecule has 112 valence electrons. The summed E-state index contributed by atoms with van der Waals surface area (Å²) in [6, 6.07) is 16.2. The van der Waals surface area contributed by atoms with Crippen molar-refractivity contribution < 1.29 is 9.84 Å². The topological polar surface area (TPSA) is 29.5 Å². The Kier molecular flexibility index (Phi) is 6.29. The fourth-order valence-electron chi connectivity index (χ4n) is 2.27. The number of hydrogen-bond donors (Lipinski definition) is 1. The first kappa shape index (κ1) is 15.6. The Morgan fingerprint density at radius 2 is 1.43 bits per heavy atom. The quantitative estimate of drug-likeness (QED) is 0.705. The van der Waals surface area contributed by atoms with Gasteiger partial charge in [-0.15, -0.1) is 0 Å². The van der Waals surface area contributed by atoms with Crippen LogP contribution >= 0.6 is 0 Å². The SMILES string of the molecule is CCCCCCOc1ccc(-c2ccc(CO)cc2)cc1. The van der Waals surface area contributed by atoms with Crippen LogP contribution in [0.2, 0.25) is 0 Å². The molecule has 2 rings (SSSR count). The highest BCUT2D eigenvalue weighted by atomic mass is 16.5. The molecule has 0 radical (unpaired) electrons. The number of ether oxygens (including phenoxy) is 1. The molecule has 0 aromatic heterocycles. The van der Waals surface area contributed by atoms with Crippen LogP contribution in [-0.4, -0.2) is 11.7 Å². The van der Waals surface area contributed by atoms with Gasteiger partial charge in [0.1, 0.15) is 5.75 Å². The summed E-state index contributed by atoms with van der Waals surface area (Å²) < 4.78 is 5.75. The van der Waals surface area contributed by atoms with Crippen molar-refractivity contribution in [2.24, 2.45) is 0 Å². The fourth-order valence-corrected chi connectivity index (χ4v) is 2.27. The van der Waals surface area contributed by atoms with Gasteiger partial charge in [0.2, 0.25) is 0 Å². The number of aliphatic hydroxyl groups excluding tert-OH is 1. The van der Waals surface area contributed by atoms with Crippen molar-refractivity contribution in [2.75, 3.05) is 6.61 Å². The molecule has 0 atom stereocenters. The summed E-state index contributed by atoms with van der Waals surface area (Å²) in [6.45, 7) is 3.10. The molecule has 0 amide bonds. The lowest BCUT2D eigenvalue weighted by Gasteiger charge is -2.07. The Bertz CT molecular complexity index is 514. The second kappa shape index (κ2) is 8.48. The van der Waals surface area contributed by atoms with Crippen LogP contribution in [0.4, 0.5) is 0 Å². The maximum absolute atomic E-state index is 9.06. The van der Waals surface area contributed by atoms with Crippen molar-refractivity contribution in [3.05, 3.63) is 54.1 Å². The van der Waals surface area contributed by atoms with E-state index in [1.165, 1.54) is 19.3 Å². The van der Waals surface area contributed by atoms with Gasteiger partial charge in [0.15, 0.2) is 0 Å². The van der Waals surface area contributed by atoms with Crippen LogP contribution in [0.15, 0.2) is 48.5 Å². The van der Waals surface area contributed by atoms with Crippen molar-refractivity contribution in [2.45, 2.75) is 39.2 Å². The minimum absolute atomic E-state index is 0.0884. The molecule has 1 N–H and O–H groups in total. The van der Waals surface area contributed by atoms with E-state index < -0.39 is 0 Å². The van der Waals surface area contributed by atoms with Crippen molar-refractivity contribution in [1.82, 2.24) is 0 Å². The summed E-state index contributed by atoms with van der Waals surface area (Å²) in [4.78, 5) is 0. The molecule has 0 aliphatic carbocycles. The van der Waals surface area contributed by atoms with E-state index in [1.807, 2.05) is 36.4 Å². The molecule has 0 unspecified atom stereocenters. The zero-order valence-corrected chi connectivity index (χ0v) is 12.7. The minimum Gasteiger partial charge on any atom is -0.494 e. The summed E-state index contributed by atoms with van der Waals surface area (Å²) in [7, 11) is 0. The molecule has 21 heavy (non-hydrogen) atoms. The summed E-state index contributed by atoms with van der Waals surface area (Å²) in [5.41, 5.74) is 3.25. The van der Waals surface area contributed by atoms with Crippen LogP contribution in [0.5, 0.6) is 5.75 Å². The number of hydrogen-bond acceptors (Lipinski definition) is 2. The molecule has 2 heteroatoms. The molecule has 0 heterocycles. The zero-order chi connectivity index (χ0) is 14.9. The molecule has 2 nitrogen and oxygen atoms in total. The predicted molar refractivity (Wildman–Crippen MR) is 87.4 cm³/mol. The number of aliphatic hydroxyl groups is 1. The Morgan fingerprint density at radius 3 is 2.00 bits per heavy atom. The van der Waals surface area contributed by atoms with Gasteiger partial charge in [-0.3, -0.25) is 0 Å². The molecule has 0 spiro atoms. The van der Waals surface area contributed by atoms with Crippen LogP contribution in [0, 0.1) is 0 Å². The van der Waals surface area contributed by atoms with Gasteiger partial charge in [-0.2, -0.15) is 0 Å². The first-order valence-corrected chi connectivity index (χ1v) is 7.76. The van der Waals surface area contributed by atoms with E-state index >= 15 is 0 Å². The van der Waals surface area contributed by atoms with E-state index in [1.54, 1.807) is 0 Å². The van der Waals surface area contributed by atoms with Crippen molar-refractivity contribution in [3.63, 3.8) is 0 Å². The van der Waals surface area contributed by atoms with Gasteiger partial charge in [-0.25, -0.2) is 0 Å². The van der Waals surface area contributed by atoms with Gasteiger partial charge in [-0.1, -0.05) is 62.6 Å². The Morgan fingerprint density at radius 1 is 0.810 bits per heavy atom. The number of rotatable bonds is 8. The largest absolute Gasteiger partial charge is 0.494 e. The minimum atomic E-state index is 0.0884.